The van der Waals surface area contributed by atoms with Crippen molar-refractivity contribution in [2.24, 2.45) is 5.92 Å². The Kier molecular flexibility index (Phi) is 3.06. The van der Waals surface area contributed by atoms with E-state index in [1.807, 2.05) is 11.3 Å². The van der Waals surface area contributed by atoms with Crippen LogP contribution in [0.3, 0.4) is 0 Å². The van der Waals surface area contributed by atoms with Gasteiger partial charge in [0, 0.05) is 18.0 Å². The van der Waals surface area contributed by atoms with Crippen LogP contribution < -0.4 is 0 Å². The Balaban J connectivity index is 1.91. The third-order valence-electron chi connectivity index (χ3n) is 2.52. The largest absolute Gasteiger partial charge is 0.298 e. The van der Waals surface area contributed by atoms with Gasteiger partial charge >= 0.3 is 0 Å². The fraction of sp³-hybridized carbons (Fsp3) is 0.600. The molecule has 72 valence electrons. The molecule has 1 nitrogen and oxygen atoms in total. The molecule has 0 saturated carbocycles. The van der Waals surface area contributed by atoms with E-state index in [-0.39, 0.29) is 0 Å². The van der Waals surface area contributed by atoms with Gasteiger partial charge in [-0.2, -0.15) is 0 Å². The molecule has 1 aromatic heterocycles. The molecule has 0 N–H and O–H groups in total. The van der Waals surface area contributed by atoms with Crippen LogP contribution in [0.5, 0.6) is 0 Å². The summed E-state index contributed by atoms with van der Waals surface area (Å²) in [5, 5.41) is 0. The van der Waals surface area contributed by atoms with E-state index in [1.165, 1.54) is 28.2 Å². The Hall–Kier alpha value is 0.140. The van der Waals surface area contributed by atoms with Crippen LogP contribution in [0, 0.1) is 5.92 Å². The number of hydrogen-bond acceptors (Lipinski definition) is 2. The zero-order valence-corrected chi connectivity index (χ0v) is 10.2. The summed E-state index contributed by atoms with van der Waals surface area (Å²) in [5.74, 6) is 0.892. The highest BCUT2D eigenvalue weighted by Gasteiger charge is 2.18. The molecular weight excluding hydrogens is 246 g/mol. The van der Waals surface area contributed by atoms with Gasteiger partial charge in [0.05, 0.1) is 3.79 Å². The Bertz CT molecular complexity index is 284. The molecule has 0 radical (unpaired) electrons. The molecule has 1 unspecified atom stereocenters. The predicted molar refractivity (Wildman–Crippen MR) is 61.1 cm³/mol. The van der Waals surface area contributed by atoms with Gasteiger partial charge < -0.3 is 0 Å². The topological polar surface area (TPSA) is 3.24 Å². The summed E-state index contributed by atoms with van der Waals surface area (Å²) >= 11 is 5.34. The minimum Gasteiger partial charge on any atom is -0.298 e. The zero-order chi connectivity index (χ0) is 9.26. The van der Waals surface area contributed by atoms with Gasteiger partial charge in [-0.15, -0.1) is 11.3 Å². The van der Waals surface area contributed by atoms with Crippen LogP contribution in [0.25, 0.3) is 0 Å². The average Bonchev–Trinajstić information content (AvgIpc) is 2.62. The van der Waals surface area contributed by atoms with E-state index in [0.29, 0.717) is 0 Å². The van der Waals surface area contributed by atoms with E-state index >= 15 is 0 Å². The maximum Gasteiger partial charge on any atom is 0.0701 e. The van der Waals surface area contributed by atoms with Crippen molar-refractivity contribution >= 4 is 27.3 Å². The molecule has 1 aromatic rings. The molecule has 13 heavy (non-hydrogen) atoms. The minimum atomic E-state index is 0.892. The molecule has 0 spiro atoms. The van der Waals surface area contributed by atoms with E-state index in [2.05, 4.69) is 39.9 Å². The first-order valence-electron chi connectivity index (χ1n) is 4.70. The Morgan fingerprint density at radius 1 is 1.62 bits per heavy atom. The van der Waals surface area contributed by atoms with Crippen molar-refractivity contribution in [3.05, 3.63) is 20.8 Å². The predicted octanol–water partition coefficient (Wildman–Crippen LogP) is 3.35. The molecule has 0 aromatic carbocycles. The van der Waals surface area contributed by atoms with Crippen molar-refractivity contribution in [2.75, 3.05) is 13.1 Å². The summed E-state index contributed by atoms with van der Waals surface area (Å²) in [5.41, 5.74) is 0. The van der Waals surface area contributed by atoms with E-state index < -0.39 is 0 Å². The molecule has 1 aliphatic heterocycles. The van der Waals surface area contributed by atoms with Crippen molar-refractivity contribution in [1.82, 2.24) is 4.90 Å². The maximum absolute atomic E-state index is 3.49. The lowest BCUT2D eigenvalue weighted by molar-refractivity contribution is 0.323. The van der Waals surface area contributed by atoms with Gasteiger partial charge in [-0.3, -0.25) is 4.90 Å². The second-order valence-electron chi connectivity index (χ2n) is 3.83. The quantitative estimate of drug-likeness (QED) is 0.788. The van der Waals surface area contributed by atoms with Gasteiger partial charge in [0.25, 0.3) is 0 Å². The first-order chi connectivity index (χ1) is 6.24. The number of hydrogen-bond donors (Lipinski definition) is 0. The highest BCUT2D eigenvalue weighted by Crippen LogP contribution is 2.25. The second-order valence-corrected chi connectivity index (χ2v) is 6.38. The third kappa shape index (κ3) is 2.55. The van der Waals surface area contributed by atoms with Gasteiger partial charge in [-0.1, -0.05) is 6.92 Å². The van der Waals surface area contributed by atoms with Gasteiger partial charge in [0.1, 0.15) is 0 Å². The Morgan fingerprint density at radius 3 is 3.00 bits per heavy atom. The number of nitrogens with zero attached hydrogens (tertiary/aromatic N) is 1. The Morgan fingerprint density at radius 2 is 2.46 bits per heavy atom. The maximum atomic E-state index is 3.49. The van der Waals surface area contributed by atoms with E-state index in [0.717, 1.165) is 12.5 Å². The van der Waals surface area contributed by atoms with Crippen molar-refractivity contribution in [3.63, 3.8) is 0 Å². The van der Waals surface area contributed by atoms with Crippen LogP contribution in [0.2, 0.25) is 0 Å². The molecule has 1 aliphatic rings. The van der Waals surface area contributed by atoms with Gasteiger partial charge in [0.2, 0.25) is 0 Å². The molecule has 2 heterocycles. The van der Waals surface area contributed by atoms with Crippen molar-refractivity contribution in [2.45, 2.75) is 19.9 Å². The van der Waals surface area contributed by atoms with E-state index in [1.54, 1.807) is 0 Å². The highest BCUT2D eigenvalue weighted by atomic mass is 79.9. The first kappa shape index (κ1) is 9.69. The molecule has 1 atom stereocenters. The van der Waals surface area contributed by atoms with Gasteiger partial charge in [-0.25, -0.2) is 0 Å². The van der Waals surface area contributed by atoms with Crippen LogP contribution in [0.15, 0.2) is 15.9 Å². The highest BCUT2D eigenvalue weighted by molar-refractivity contribution is 9.11. The standard InChI is InChI=1S/C10H14BrNS/c1-8-4-5-12(6-8)7-9-2-3-10(11)13-9/h2-3,8H,4-7H2,1H3. The summed E-state index contributed by atoms with van der Waals surface area (Å²) in [7, 11) is 0. The van der Waals surface area contributed by atoms with Gasteiger partial charge in [0.15, 0.2) is 0 Å². The lowest BCUT2D eigenvalue weighted by Gasteiger charge is -2.13. The summed E-state index contributed by atoms with van der Waals surface area (Å²) in [6.45, 7) is 6.02. The number of halogens is 1. The average molecular weight is 260 g/mol. The van der Waals surface area contributed by atoms with E-state index in [4.69, 9.17) is 0 Å². The molecule has 1 saturated heterocycles. The molecule has 0 aliphatic carbocycles. The fourth-order valence-corrected chi connectivity index (χ4v) is 3.35. The first-order valence-corrected chi connectivity index (χ1v) is 6.31. The molecular formula is C10H14BrNS. The number of thiophene rings is 1. The molecule has 0 bridgehead atoms. The summed E-state index contributed by atoms with van der Waals surface area (Å²) in [4.78, 5) is 4.02. The second kappa shape index (κ2) is 4.11. The summed E-state index contributed by atoms with van der Waals surface area (Å²) < 4.78 is 1.25. The molecule has 0 amide bonds. The molecule has 2 rings (SSSR count). The number of likely N-dealkylation sites (tertiary alicyclic amines) is 1. The van der Waals surface area contributed by atoms with Gasteiger partial charge in [-0.05, 0) is 46.9 Å². The van der Waals surface area contributed by atoms with Crippen molar-refractivity contribution in [1.29, 1.82) is 0 Å². The smallest absolute Gasteiger partial charge is 0.0701 e. The third-order valence-corrected chi connectivity index (χ3v) is 4.12. The summed E-state index contributed by atoms with van der Waals surface area (Å²) in [6, 6.07) is 4.36. The van der Waals surface area contributed by atoms with Crippen LogP contribution in [0.1, 0.15) is 18.2 Å². The van der Waals surface area contributed by atoms with Crippen molar-refractivity contribution < 1.29 is 0 Å². The lowest BCUT2D eigenvalue weighted by atomic mass is 10.2. The SMILES string of the molecule is CC1CCN(Cc2ccc(Br)s2)C1. The van der Waals surface area contributed by atoms with E-state index in [9.17, 15) is 0 Å². The molecule has 3 heteroatoms. The molecule has 1 fully saturated rings. The monoisotopic (exact) mass is 259 g/mol. The van der Waals surface area contributed by atoms with Crippen LogP contribution in [-0.4, -0.2) is 18.0 Å². The lowest BCUT2D eigenvalue weighted by Crippen LogP contribution is -2.18. The normalized spacial score (nSPS) is 24.0. The van der Waals surface area contributed by atoms with Crippen LogP contribution in [0.4, 0.5) is 0 Å². The summed E-state index contributed by atoms with van der Waals surface area (Å²) in [6.07, 6.45) is 1.37. The Labute approximate surface area is 91.9 Å². The fourth-order valence-electron chi connectivity index (χ4n) is 1.83. The minimum absolute atomic E-state index is 0.892. The zero-order valence-electron chi connectivity index (χ0n) is 7.79. The van der Waals surface area contributed by atoms with Crippen molar-refractivity contribution in [3.8, 4) is 0 Å². The number of rotatable bonds is 2. The van der Waals surface area contributed by atoms with Crippen LogP contribution in [-0.2, 0) is 6.54 Å². The van der Waals surface area contributed by atoms with Crippen LogP contribution >= 0.6 is 27.3 Å².